The normalized spacial score (nSPS) is 10.1. The number of nitro groups is 1. The van der Waals surface area contributed by atoms with Gasteiger partial charge in [-0.25, -0.2) is 0 Å². The Balaban J connectivity index is 2.82. The summed E-state index contributed by atoms with van der Waals surface area (Å²) in [6.07, 6.45) is 0.683. The molecule has 0 saturated heterocycles. The van der Waals surface area contributed by atoms with E-state index in [1.807, 2.05) is 6.07 Å². The molecule has 0 amide bonds. The van der Waals surface area contributed by atoms with Crippen LogP contribution in [0.3, 0.4) is 0 Å². The fourth-order valence-corrected chi connectivity index (χ4v) is 2.09. The summed E-state index contributed by atoms with van der Waals surface area (Å²) >= 11 is 1.50. The van der Waals surface area contributed by atoms with Crippen molar-refractivity contribution in [3.05, 3.63) is 28.3 Å². The van der Waals surface area contributed by atoms with E-state index in [0.29, 0.717) is 6.42 Å². The van der Waals surface area contributed by atoms with Crippen LogP contribution in [-0.4, -0.2) is 29.4 Å². The molecule has 0 heterocycles. The van der Waals surface area contributed by atoms with Crippen LogP contribution in [0.15, 0.2) is 23.1 Å². The highest BCUT2D eigenvalue weighted by molar-refractivity contribution is 7.99. The number of nitro benzene ring substituents is 1. The molecule has 2 N–H and O–H groups in total. The van der Waals surface area contributed by atoms with Crippen LogP contribution in [-0.2, 0) is 0 Å². The van der Waals surface area contributed by atoms with Gasteiger partial charge in [-0.2, -0.15) is 0 Å². The van der Waals surface area contributed by atoms with Gasteiger partial charge in [-0.15, -0.1) is 11.8 Å². The van der Waals surface area contributed by atoms with E-state index in [-0.39, 0.29) is 12.3 Å². The summed E-state index contributed by atoms with van der Waals surface area (Å²) in [6.45, 7) is 0.140. The molecule has 0 aliphatic carbocycles. The van der Waals surface area contributed by atoms with Crippen LogP contribution < -0.4 is 5.32 Å². The fourth-order valence-electron chi connectivity index (χ4n) is 1.17. The maximum absolute atomic E-state index is 10.7. The zero-order chi connectivity index (χ0) is 12.0. The third-order valence-electron chi connectivity index (χ3n) is 1.96. The summed E-state index contributed by atoms with van der Waals surface area (Å²) in [7, 11) is 1.72. The number of benzene rings is 1. The van der Waals surface area contributed by atoms with Crippen molar-refractivity contribution in [2.75, 3.05) is 24.7 Å². The highest BCUT2D eigenvalue weighted by Gasteiger charge is 2.09. The Morgan fingerprint density at radius 1 is 1.50 bits per heavy atom. The summed E-state index contributed by atoms with van der Waals surface area (Å²) in [4.78, 5) is 11.1. The number of rotatable bonds is 6. The van der Waals surface area contributed by atoms with Crippen LogP contribution in [0.1, 0.15) is 6.42 Å². The molecule has 1 aromatic carbocycles. The van der Waals surface area contributed by atoms with Crippen LogP contribution in [0.25, 0.3) is 0 Å². The van der Waals surface area contributed by atoms with Crippen molar-refractivity contribution in [2.45, 2.75) is 11.3 Å². The quantitative estimate of drug-likeness (QED) is 0.346. The number of hydrogen-bond acceptors (Lipinski definition) is 5. The van der Waals surface area contributed by atoms with E-state index in [0.717, 1.165) is 16.3 Å². The van der Waals surface area contributed by atoms with Crippen molar-refractivity contribution >= 4 is 23.1 Å². The lowest BCUT2D eigenvalue weighted by Gasteiger charge is -2.04. The lowest BCUT2D eigenvalue weighted by molar-refractivity contribution is -0.385. The Bertz CT molecular complexity index is 371. The predicted octanol–water partition coefficient (Wildman–Crippen LogP) is 2.11. The molecule has 16 heavy (non-hydrogen) atoms. The topological polar surface area (TPSA) is 75.4 Å². The van der Waals surface area contributed by atoms with Crippen molar-refractivity contribution in [3.63, 3.8) is 0 Å². The van der Waals surface area contributed by atoms with Crippen molar-refractivity contribution in [1.82, 2.24) is 0 Å². The first-order valence-electron chi connectivity index (χ1n) is 4.88. The molecule has 0 bridgehead atoms. The lowest BCUT2D eigenvalue weighted by atomic mass is 10.3. The minimum Gasteiger partial charge on any atom is -0.396 e. The number of nitrogens with zero attached hydrogens (tertiary/aromatic N) is 1. The van der Waals surface area contributed by atoms with Crippen LogP contribution in [0.4, 0.5) is 11.4 Å². The smallest absolute Gasteiger partial charge is 0.272 e. The molecule has 0 saturated carbocycles. The van der Waals surface area contributed by atoms with E-state index in [1.54, 1.807) is 13.1 Å². The molecule has 0 aliphatic heterocycles. The zero-order valence-electron chi connectivity index (χ0n) is 8.97. The first kappa shape index (κ1) is 12.8. The molecule has 6 heteroatoms. The Kier molecular flexibility index (Phi) is 5.07. The van der Waals surface area contributed by atoms with Crippen LogP contribution in [0.2, 0.25) is 0 Å². The number of anilines is 1. The summed E-state index contributed by atoms with van der Waals surface area (Å²) in [5.41, 5.74) is 0.805. The van der Waals surface area contributed by atoms with Crippen LogP contribution >= 0.6 is 11.8 Å². The van der Waals surface area contributed by atoms with Gasteiger partial charge in [0.25, 0.3) is 5.69 Å². The predicted molar refractivity (Wildman–Crippen MR) is 65.1 cm³/mol. The van der Waals surface area contributed by atoms with Gasteiger partial charge in [0.05, 0.1) is 4.92 Å². The van der Waals surface area contributed by atoms with Gasteiger partial charge < -0.3 is 10.4 Å². The molecule has 0 aliphatic rings. The van der Waals surface area contributed by atoms with Crippen LogP contribution in [0.5, 0.6) is 0 Å². The third-order valence-corrected chi connectivity index (χ3v) is 3.02. The molecule has 88 valence electrons. The van der Waals surface area contributed by atoms with E-state index in [4.69, 9.17) is 5.11 Å². The van der Waals surface area contributed by atoms with E-state index >= 15 is 0 Å². The first-order valence-corrected chi connectivity index (χ1v) is 5.87. The Hall–Kier alpha value is -1.27. The zero-order valence-corrected chi connectivity index (χ0v) is 9.79. The van der Waals surface area contributed by atoms with Crippen molar-refractivity contribution in [3.8, 4) is 0 Å². The van der Waals surface area contributed by atoms with E-state index in [1.165, 1.54) is 17.8 Å². The fraction of sp³-hybridized carbons (Fsp3) is 0.400. The third kappa shape index (κ3) is 3.71. The maximum atomic E-state index is 10.7. The van der Waals surface area contributed by atoms with Gasteiger partial charge in [0.1, 0.15) is 0 Å². The standard InChI is InChI=1S/C10H14N2O3S/c1-11-8-5-9(12(14)15)7-10(6-8)16-4-2-3-13/h5-7,11,13H,2-4H2,1H3. The molecule has 1 aromatic rings. The number of thioether (sulfide) groups is 1. The number of hydrogen-bond donors (Lipinski definition) is 2. The Labute approximate surface area is 98.0 Å². The van der Waals surface area contributed by atoms with Gasteiger partial charge in [0.2, 0.25) is 0 Å². The lowest BCUT2D eigenvalue weighted by Crippen LogP contribution is -1.94. The molecule has 0 radical (unpaired) electrons. The molecule has 1 rings (SSSR count). The van der Waals surface area contributed by atoms with Crippen molar-refractivity contribution in [2.24, 2.45) is 0 Å². The first-order chi connectivity index (χ1) is 7.67. The number of aliphatic hydroxyl groups excluding tert-OH is 1. The summed E-state index contributed by atoms with van der Waals surface area (Å²) in [6, 6.07) is 4.90. The van der Waals surface area contributed by atoms with Gasteiger partial charge in [0.15, 0.2) is 0 Å². The number of nitrogens with one attached hydrogen (secondary N) is 1. The van der Waals surface area contributed by atoms with Gasteiger partial charge in [-0.05, 0) is 12.5 Å². The SMILES string of the molecule is CNc1cc(SCCCO)cc([N+](=O)[O-])c1. The summed E-state index contributed by atoms with van der Waals surface area (Å²) in [5, 5.41) is 22.2. The average Bonchev–Trinajstić information content (AvgIpc) is 2.29. The molecule has 0 atom stereocenters. The second-order valence-electron chi connectivity index (χ2n) is 3.15. The number of non-ortho nitro benzene ring substituents is 1. The molecule has 5 nitrogen and oxygen atoms in total. The Morgan fingerprint density at radius 2 is 2.25 bits per heavy atom. The largest absolute Gasteiger partial charge is 0.396 e. The molecular weight excluding hydrogens is 228 g/mol. The minimum atomic E-state index is -0.406. The van der Waals surface area contributed by atoms with E-state index in [2.05, 4.69) is 5.32 Å². The van der Waals surface area contributed by atoms with Gasteiger partial charge in [-0.3, -0.25) is 10.1 Å². The molecular formula is C10H14N2O3S. The molecule has 0 spiro atoms. The highest BCUT2D eigenvalue weighted by Crippen LogP contribution is 2.27. The second kappa shape index (κ2) is 6.34. The van der Waals surface area contributed by atoms with Crippen molar-refractivity contribution < 1.29 is 10.0 Å². The minimum absolute atomic E-state index is 0.0818. The van der Waals surface area contributed by atoms with Gasteiger partial charge >= 0.3 is 0 Å². The van der Waals surface area contributed by atoms with E-state index in [9.17, 15) is 10.1 Å². The molecule has 0 aromatic heterocycles. The summed E-state index contributed by atoms with van der Waals surface area (Å²) in [5.74, 6) is 0.751. The van der Waals surface area contributed by atoms with Crippen LogP contribution in [0, 0.1) is 10.1 Å². The number of aliphatic hydroxyl groups is 1. The average molecular weight is 242 g/mol. The van der Waals surface area contributed by atoms with E-state index < -0.39 is 4.92 Å². The monoisotopic (exact) mass is 242 g/mol. The Morgan fingerprint density at radius 3 is 2.81 bits per heavy atom. The maximum Gasteiger partial charge on any atom is 0.272 e. The second-order valence-corrected chi connectivity index (χ2v) is 4.32. The van der Waals surface area contributed by atoms with Gasteiger partial charge in [0, 0.05) is 42.1 Å². The molecule has 0 unspecified atom stereocenters. The summed E-state index contributed by atoms with van der Waals surface area (Å²) < 4.78 is 0. The highest BCUT2D eigenvalue weighted by atomic mass is 32.2. The van der Waals surface area contributed by atoms with Gasteiger partial charge in [-0.1, -0.05) is 0 Å². The molecule has 0 fully saturated rings. The van der Waals surface area contributed by atoms with Crippen molar-refractivity contribution in [1.29, 1.82) is 0 Å².